The molecule has 1 fully saturated rings. The van der Waals surface area contributed by atoms with Crippen molar-refractivity contribution in [2.45, 2.75) is 6.42 Å². The number of anilines is 2. The van der Waals surface area contributed by atoms with Crippen molar-refractivity contribution in [3.05, 3.63) is 48.3 Å². The molecule has 1 aliphatic rings. The number of para-hydroxylation sites is 1. The first-order valence-electron chi connectivity index (χ1n) is 8.90. The number of H-pyrrole nitrogens is 1. The van der Waals surface area contributed by atoms with Crippen LogP contribution in [0.25, 0.3) is 10.9 Å². The van der Waals surface area contributed by atoms with E-state index in [1.54, 1.807) is 11.1 Å². The fourth-order valence-electron chi connectivity index (χ4n) is 3.29. The van der Waals surface area contributed by atoms with Crippen molar-refractivity contribution in [2.24, 2.45) is 0 Å². The van der Waals surface area contributed by atoms with Crippen LogP contribution >= 0.6 is 0 Å². The Labute approximate surface area is 152 Å². The summed E-state index contributed by atoms with van der Waals surface area (Å²) >= 11 is 0. The number of hydrogen-bond donors (Lipinski definition) is 2. The van der Waals surface area contributed by atoms with Gasteiger partial charge in [-0.25, -0.2) is 4.98 Å². The van der Waals surface area contributed by atoms with Crippen molar-refractivity contribution in [2.75, 3.05) is 42.9 Å². The molecule has 0 saturated carbocycles. The van der Waals surface area contributed by atoms with Gasteiger partial charge in [0.1, 0.15) is 5.82 Å². The standard InChI is InChI=1S/C19H22N6O/c26-14-24-9-11-25(12-10-24)19-21-8-6-18(23-19)20-7-5-15-13-22-17-4-2-1-3-16(15)17/h1-4,6,8,13-14,22H,5,7,9-12H2,(H,20,21,23). The maximum atomic E-state index is 10.8. The third-order valence-corrected chi connectivity index (χ3v) is 4.76. The highest BCUT2D eigenvalue weighted by Crippen LogP contribution is 2.18. The zero-order valence-electron chi connectivity index (χ0n) is 14.6. The van der Waals surface area contributed by atoms with Crippen LogP contribution in [0.1, 0.15) is 5.56 Å². The zero-order chi connectivity index (χ0) is 17.8. The van der Waals surface area contributed by atoms with Crippen molar-refractivity contribution in [1.82, 2.24) is 19.9 Å². The van der Waals surface area contributed by atoms with Crippen molar-refractivity contribution in [3.63, 3.8) is 0 Å². The number of benzene rings is 1. The minimum atomic E-state index is 0.713. The van der Waals surface area contributed by atoms with Crippen LogP contribution in [0.5, 0.6) is 0 Å². The molecule has 1 amide bonds. The smallest absolute Gasteiger partial charge is 0.227 e. The number of fused-ring (bicyclic) bond motifs is 1. The maximum absolute atomic E-state index is 10.8. The van der Waals surface area contributed by atoms with E-state index in [1.807, 2.05) is 12.1 Å². The van der Waals surface area contributed by atoms with Crippen molar-refractivity contribution in [1.29, 1.82) is 0 Å². The van der Waals surface area contributed by atoms with Gasteiger partial charge < -0.3 is 20.1 Å². The van der Waals surface area contributed by atoms with Gasteiger partial charge in [-0.15, -0.1) is 0 Å². The summed E-state index contributed by atoms with van der Waals surface area (Å²) in [5.41, 5.74) is 2.47. The summed E-state index contributed by atoms with van der Waals surface area (Å²) in [6.07, 6.45) is 5.68. The van der Waals surface area contributed by atoms with Gasteiger partial charge in [-0.1, -0.05) is 18.2 Å². The Bertz CT molecular complexity index is 884. The topological polar surface area (TPSA) is 77.2 Å². The van der Waals surface area contributed by atoms with E-state index in [2.05, 4.69) is 49.6 Å². The molecule has 134 valence electrons. The summed E-state index contributed by atoms with van der Waals surface area (Å²) in [5, 5.41) is 4.66. The number of aromatic nitrogens is 3. The van der Waals surface area contributed by atoms with Crippen LogP contribution < -0.4 is 10.2 Å². The molecule has 7 heteroatoms. The Morgan fingerprint density at radius 3 is 2.85 bits per heavy atom. The molecule has 1 aliphatic heterocycles. The quantitative estimate of drug-likeness (QED) is 0.664. The minimum absolute atomic E-state index is 0.713. The van der Waals surface area contributed by atoms with Crippen LogP contribution in [0.15, 0.2) is 42.7 Å². The van der Waals surface area contributed by atoms with Gasteiger partial charge in [0.15, 0.2) is 0 Å². The highest BCUT2D eigenvalue weighted by molar-refractivity contribution is 5.83. The second-order valence-electron chi connectivity index (χ2n) is 6.41. The summed E-state index contributed by atoms with van der Waals surface area (Å²) in [7, 11) is 0. The molecular weight excluding hydrogens is 328 g/mol. The maximum Gasteiger partial charge on any atom is 0.227 e. The molecule has 0 spiro atoms. The first kappa shape index (κ1) is 16.4. The average molecular weight is 350 g/mol. The van der Waals surface area contributed by atoms with E-state index >= 15 is 0 Å². The van der Waals surface area contributed by atoms with Gasteiger partial charge in [0.05, 0.1) is 0 Å². The van der Waals surface area contributed by atoms with E-state index < -0.39 is 0 Å². The molecule has 1 aromatic carbocycles. The Hall–Kier alpha value is -3.09. The van der Waals surface area contributed by atoms with E-state index in [0.717, 1.165) is 38.3 Å². The van der Waals surface area contributed by atoms with Gasteiger partial charge in [0.25, 0.3) is 0 Å². The molecule has 0 atom stereocenters. The number of nitrogens with zero attached hydrogens (tertiary/aromatic N) is 4. The van der Waals surface area contributed by atoms with Gasteiger partial charge in [-0.3, -0.25) is 4.79 Å². The normalized spacial score (nSPS) is 14.6. The average Bonchev–Trinajstić information content (AvgIpc) is 3.12. The van der Waals surface area contributed by atoms with E-state index in [0.29, 0.717) is 19.0 Å². The Balaban J connectivity index is 1.36. The molecule has 4 rings (SSSR count). The largest absolute Gasteiger partial charge is 0.370 e. The van der Waals surface area contributed by atoms with E-state index in [1.165, 1.54) is 16.5 Å². The number of hydrogen-bond acceptors (Lipinski definition) is 5. The first-order chi connectivity index (χ1) is 12.8. The SMILES string of the molecule is O=CN1CCN(c2nccc(NCCc3c[nH]c4ccccc34)n2)CC1. The lowest BCUT2D eigenvalue weighted by Crippen LogP contribution is -2.46. The van der Waals surface area contributed by atoms with E-state index in [-0.39, 0.29) is 0 Å². The minimum Gasteiger partial charge on any atom is -0.370 e. The predicted octanol–water partition coefficient (Wildman–Crippen LogP) is 1.89. The van der Waals surface area contributed by atoms with Crippen LogP contribution in [-0.4, -0.2) is 59.0 Å². The summed E-state index contributed by atoms with van der Waals surface area (Å²) in [4.78, 5) is 27.0. The second kappa shape index (κ2) is 7.43. The molecule has 1 saturated heterocycles. The zero-order valence-corrected chi connectivity index (χ0v) is 14.6. The van der Waals surface area contributed by atoms with Gasteiger partial charge in [-0.05, 0) is 24.1 Å². The summed E-state index contributed by atoms with van der Waals surface area (Å²) < 4.78 is 0. The fourth-order valence-corrected chi connectivity index (χ4v) is 3.29. The second-order valence-corrected chi connectivity index (χ2v) is 6.41. The molecule has 2 aromatic heterocycles. The fraction of sp³-hybridized carbons (Fsp3) is 0.316. The van der Waals surface area contributed by atoms with Crippen LogP contribution in [-0.2, 0) is 11.2 Å². The molecule has 26 heavy (non-hydrogen) atoms. The lowest BCUT2D eigenvalue weighted by atomic mass is 10.1. The number of piperazine rings is 1. The predicted molar refractivity (Wildman–Crippen MR) is 102 cm³/mol. The van der Waals surface area contributed by atoms with Gasteiger partial charge in [-0.2, -0.15) is 4.98 Å². The van der Waals surface area contributed by atoms with Crippen LogP contribution in [0, 0.1) is 0 Å². The molecule has 0 bridgehead atoms. The van der Waals surface area contributed by atoms with Crippen molar-refractivity contribution >= 4 is 29.1 Å². The highest BCUT2D eigenvalue weighted by atomic mass is 16.1. The monoisotopic (exact) mass is 350 g/mol. The molecule has 7 nitrogen and oxygen atoms in total. The van der Waals surface area contributed by atoms with E-state index in [4.69, 9.17) is 0 Å². The Morgan fingerprint density at radius 2 is 2.00 bits per heavy atom. The third-order valence-electron chi connectivity index (χ3n) is 4.76. The van der Waals surface area contributed by atoms with Crippen molar-refractivity contribution in [3.8, 4) is 0 Å². The number of carbonyl (C=O) groups is 1. The molecule has 0 aliphatic carbocycles. The van der Waals surface area contributed by atoms with Gasteiger partial charge in [0, 0.05) is 56.0 Å². The lowest BCUT2D eigenvalue weighted by molar-refractivity contribution is -0.118. The number of aromatic amines is 1. The molecule has 0 unspecified atom stereocenters. The van der Waals surface area contributed by atoms with Gasteiger partial charge >= 0.3 is 0 Å². The van der Waals surface area contributed by atoms with Crippen LogP contribution in [0.2, 0.25) is 0 Å². The molecular formula is C19H22N6O. The summed E-state index contributed by atoms with van der Waals surface area (Å²) in [6, 6.07) is 10.2. The highest BCUT2D eigenvalue weighted by Gasteiger charge is 2.17. The van der Waals surface area contributed by atoms with Crippen molar-refractivity contribution < 1.29 is 4.79 Å². The third kappa shape index (κ3) is 3.46. The van der Waals surface area contributed by atoms with E-state index in [9.17, 15) is 4.79 Å². The van der Waals surface area contributed by atoms with Crippen LogP contribution in [0.3, 0.4) is 0 Å². The number of nitrogens with one attached hydrogen (secondary N) is 2. The molecule has 3 aromatic rings. The Kier molecular flexibility index (Phi) is 4.68. The lowest BCUT2D eigenvalue weighted by Gasteiger charge is -2.32. The summed E-state index contributed by atoms with van der Waals surface area (Å²) in [5.74, 6) is 1.54. The Morgan fingerprint density at radius 1 is 1.15 bits per heavy atom. The molecule has 0 radical (unpaired) electrons. The molecule has 3 heterocycles. The number of rotatable bonds is 6. The van der Waals surface area contributed by atoms with Gasteiger partial charge in [0.2, 0.25) is 12.4 Å². The molecule has 2 N–H and O–H groups in total. The first-order valence-corrected chi connectivity index (χ1v) is 8.90. The number of carbonyl (C=O) groups excluding carboxylic acids is 1. The van der Waals surface area contributed by atoms with Crippen LogP contribution in [0.4, 0.5) is 11.8 Å². The summed E-state index contributed by atoms with van der Waals surface area (Å²) in [6.45, 7) is 3.75. The number of amides is 1.